The van der Waals surface area contributed by atoms with E-state index in [1.807, 2.05) is 0 Å². The van der Waals surface area contributed by atoms with Gasteiger partial charge in [0.15, 0.2) is 0 Å². The summed E-state index contributed by atoms with van der Waals surface area (Å²) in [6, 6.07) is 0. The smallest absolute Gasteiger partial charge is 0.0302 e. The molecule has 0 amide bonds. The van der Waals surface area contributed by atoms with Crippen LogP contribution in [0.25, 0.3) is 0 Å². The van der Waals surface area contributed by atoms with Crippen LogP contribution in [0.1, 0.15) is 60.3 Å². The van der Waals surface area contributed by atoms with Crippen LogP contribution in [0.2, 0.25) is 0 Å². The topological polar surface area (TPSA) is 0 Å². The Morgan fingerprint density at radius 3 is 2.00 bits per heavy atom. The van der Waals surface area contributed by atoms with E-state index in [1.54, 1.807) is 0 Å². The average Bonchev–Trinajstić information content (AvgIpc) is 2.24. The van der Waals surface area contributed by atoms with Gasteiger partial charge in [-0.3, -0.25) is 0 Å². The molecule has 0 N–H and O–H groups in total. The van der Waals surface area contributed by atoms with Gasteiger partial charge in [-0.15, -0.1) is 0 Å². The van der Waals surface area contributed by atoms with Gasteiger partial charge in [0.2, 0.25) is 0 Å². The predicted molar refractivity (Wildman–Crippen MR) is 71.1 cm³/mol. The van der Waals surface area contributed by atoms with E-state index in [9.17, 15) is 0 Å². The molecule has 0 atom stereocenters. The van der Waals surface area contributed by atoms with Gasteiger partial charge in [-0.25, -0.2) is 0 Å². The molecule has 0 aliphatic heterocycles. The van der Waals surface area contributed by atoms with Crippen LogP contribution in [-0.2, 0) is 0 Å². The third kappa shape index (κ3) is 5.01. The van der Waals surface area contributed by atoms with Crippen molar-refractivity contribution >= 4 is 0 Å². The first-order chi connectivity index (χ1) is 7.21. The van der Waals surface area contributed by atoms with Crippen LogP contribution in [0, 0.1) is 0 Å². The van der Waals surface area contributed by atoms with Gasteiger partial charge >= 0.3 is 0 Å². The van der Waals surface area contributed by atoms with Crippen molar-refractivity contribution in [3.63, 3.8) is 0 Å². The molecule has 0 saturated carbocycles. The summed E-state index contributed by atoms with van der Waals surface area (Å²) in [5, 5.41) is 0. The lowest BCUT2D eigenvalue weighted by Crippen LogP contribution is -1.90. The highest BCUT2D eigenvalue weighted by Gasteiger charge is 2.02. The van der Waals surface area contributed by atoms with Gasteiger partial charge in [-0.1, -0.05) is 51.5 Å². The fraction of sp³-hybridized carbons (Fsp3) is 0.600. The van der Waals surface area contributed by atoms with Crippen molar-refractivity contribution in [1.29, 1.82) is 0 Å². The lowest BCUT2D eigenvalue weighted by molar-refractivity contribution is 1.01. The van der Waals surface area contributed by atoms with Crippen molar-refractivity contribution in [2.45, 2.75) is 60.3 Å². The van der Waals surface area contributed by atoms with Gasteiger partial charge in [-0.2, -0.15) is 0 Å². The Morgan fingerprint density at radius 1 is 0.933 bits per heavy atom. The Morgan fingerprint density at radius 2 is 1.60 bits per heavy atom. The molecule has 15 heavy (non-hydrogen) atoms. The molecule has 0 spiro atoms. The molecule has 0 aromatic carbocycles. The van der Waals surface area contributed by atoms with Gasteiger partial charge < -0.3 is 0 Å². The van der Waals surface area contributed by atoms with Crippen molar-refractivity contribution in [3.8, 4) is 0 Å². The van der Waals surface area contributed by atoms with Crippen LogP contribution in [0.5, 0.6) is 0 Å². The molecule has 0 rings (SSSR count). The summed E-state index contributed by atoms with van der Waals surface area (Å²) in [5.74, 6) is 0. The summed E-state index contributed by atoms with van der Waals surface area (Å²) >= 11 is 0. The summed E-state index contributed by atoms with van der Waals surface area (Å²) in [7, 11) is 0. The van der Waals surface area contributed by atoms with Crippen LogP contribution in [0.4, 0.5) is 0 Å². The first-order valence-electron chi connectivity index (χ1n) is 6.26. The molecule has 0 aromatic rings. The zero-order chi connectivity index (χ0) is 11.7. The molecule has 0 heterocycles. The van der Waals surface area contributed by atoms with Crippen molar-refractivity contribution in [2.24, 2.45) is 0 Å². The number of allylic oxidation sites excluding steroid dienone is 6. The minimum atomic E-state index is 1.12. The van der Waals surface area contributed by atoms with Gasteiger partial charge in [0.1, 0.15) is 0 Å². The molecule has 86 valence electrons. The third-order valence-electron chi connectivity index (χ3n) is 2.66. The van der Waals surface area contributed by atoms with Crippen LogP contribution in [0.15, 0.2) is 34.9 Å². The highest BCUT2D eigenvalue weighted by atomic mass is 14.1. The summed E-state index contributed by atoms with van der Waals surface area (Å²) in [5.41, 5.74) is 4.49. The minimum absolute atomic E-state index is 1.12. The summed E-state index contributed by atoms with van der Waals surface area (Å²) < 4.78 is 0. The van der Waals surface area contributed by atoms with Gasteiger partial charge in [0.05, 0.1) is 0 Å². The largest absolute Gasteiger partial charge is 0.0845 e. The van der Waals surface area contributed by atoms with Crippen molar-refractivity contribution in [3.05, 3.63) is 34.9 Å². The molecular weight excluding hydrogens is 180 g/mol. The Labute approximate surface area is 95.8 Å². The average molecular weight is 206 g/mol. The Balaban J connectivity index is 5.05. The van der Waals surface area contributed by atoms with E-state index in [2.05, 4.69) is 52.8 Å². The molecule has 0 aromatic heterocycles. The molecule has 0 aliphatic carbocycles. The van der Waals surface area contributed by atoms with E-state index in [-0.39, 0.29) is 0 Å². The third-order valence-corrected chi connectivity index (χ3v) is 2.66. The molecule has 0 unspecified atom stereocenters. The molecule has 0 aliphatic rings. The molecule has 0 radical (unpaired) electrons. The maximum atomic E-state index is 2.33. The summed E-state index contributed by atoms with van der Waals surface area (Å²) in [4.78, 5) is 0. The van der Waals surface area contributed by atoms with Crippen LogP contribution < -0.4 is 0 Å². The quantitative estimate of drug-likeness (QED) is 0.509. The SMILES string of the molecule is CCC=C/C(CC)=C(CC)\C(C)=C\CC. The van der Waals surface area contributed by atoms with E-state index in [4.69, 9.17) is 0 Å². The van der Waals surface area contributed by atoms with E-state index < -0.39 is 0 Å². The highest BCUT2D eigenvalue weighted by molar-refractivity contribution is 5.38. The van der Waals surface area contributed by atoms with Crippen LogP contribution in [0.3, 0.4) is 0 Å². The fourth-order valence-electron chi connectivity index (χ4n) is 1.88. The van der Waals surface area contributed by atoms with Crippen LogP contribution in [-0.4, -0.2) is 0 Å². The standard InChI is InChI=1S/C15H26/c1-6-10-12-14(8-3)15(9-4)13(5)11-7-2/h10-12H,6-9H2,1-5H3/b12-10?,13-11+,15-14-. The Hall–Kier alpha value is -0.780. The molecule has 0 heteroatoms. The predicted octanol–water partition coefficient (Wildman–Crippen LogP) is 5.43. The second-order valence-corrected chi connectivity index (χ2v) is 3.82. The molecule has 0 saturated heterocycles. The normalized spacial score (nSPS) is 14.6. The van der Waals surface area contributed by atoms with Crippen molar-refractivity contribution in [1.82, 2.24) is 0 Å². The number of hydrogen-bond acceptors (Lipinski definition) is 0. The second kappa shape index (κ2) is 8.52. The number of rotatable bonds is 6. The first-order valence-corrected chi connectivity index (χ1v) is 6.26. The minimum Gasteiger partial charge on any atom is -0.0845 e. The summed E-state index contributed by atoms with van der Waals surface area (Å²) in [6.45, 7) is 11.1. The van der Waals surface area contributed by atoms with Gasteiger partial charge in [-0.05, 0) is 43.8 Å². The molecule has 0 nitrogen and oxygen atoms in total. The van der Waals surface area contributed by atoms with Crippen LogP contribution >= 0.6 is 0 Å². The zero-order valence-corrected chi connectivity index (χ0v) is 11.1. The number of hydrogen-bond donors (Lipinski definition) is 0. The van der Waals surface area contributed by atoms with E-state index in [1.165, 1.54) is 16.7 Å². The van der Waals surface area contributed by atoms with Crippen molar-refractivity contribution < 1.29 is 0 Å². The highest BCUT2D eigenvalue weighted by Crippen LogP contribution is 2.22. The molecule has 0 bridgehead atoms. The second-order valence-electron chi connectivity index (χ2n) is 3.82. The molecular formula is C15H26. The first kappa shape index (κ1) is 14.2. The lowest BCUT2D eigenvalue weighted by Gasteiger charge is -2.10. The van der Waals surface area contributed by atoms with Gasteiger partial charge in [0, 0.05) is 0 Å². The maximum Gasteiger partial charge on any atom is -0.0302 e. The fourth-order valence-corrected chi connectivity index (χ4v) is 1.88. The molecule has 0 fully saturated rings. The maximum absolute atomic E-state index is 2.33. The van der Waals surface area contributed by atoms with E-state index in [0.717, 1.165) is 25.7 Å². The van der Waals surface area contributed by atoms with Crippen molar-refractivity contribution in [2.75, 3.05) is 0 Å². The van der Waals surface area contributed by atoms with Gasteiger partial charge in [0.25, 0.3) is 0 Å². The van der Waals surface area contributed by atoms with E-state index >= 15 is 0 Å². The van der Waals surface area contributed by atoms with E-state index in [0.29, 0.717) is 0 Å². The Kier molecular flexibility index (Phi) is 8.08. The Bertz CT molecular complexity index is 251. The zero-order valence-electron chi connectivity index (χ0n) is 11.1. The lowest BCUT2D eigenvalue weighted by atomic mass is 9.96. The monoisotopic (exact) mass is 206 g/mol. The summed E-state index contributed by atoms with van der Waals surface area (Å²) in [6.07, 6.45) is 11.4.